The standard InChI is InChI=1S/C20H25N3O4S/c1-15(18-7-3-4-8-19(18)27-2)22-20(24)16-9-12-23(13-10-16)28(25,26)17-6-5-11-21-14-17/h3-8,11,14-16H,9-10,12-13H2,1-2H3,(H,22,24). The van der Waals surface area contributed by atoms with Crippen molar-refractivity contribution in [1.29, 1.82) is 0 Å². The molecule has 1 N–H and O–H groups in total. The van der Waals surface area contributed by atoms with Crippen LogP contribution >= 0.6 is 0 Å². The minimum absolute atomic E-state index is 0.0585. The number of carbonyl (C=O) groups is 1. The highest BCUT2D eigenvalue weighted by atomic mass is 32.2. The third-order valence-electron chi connectivity index (χ3n) is 5.06. The van der Waals surface area contributed by atoms with Crippen molar-refractivity contribution in [3.8, 4) is 5.75 Å². The maximum atomic E-state index is 12.7. The van der Waals surface area contributed by atoms with Crippen LogP contribution in [-0.4, -0.2) is 43.8 Å². The molecule has 1 amide bonds. The highest BCUT2D eigenvalue weighted by Crippen LogP contribution is 2.27. The lowest BCUT2D eigenvalue weighted by molar-refractivity contribution is -0.126. The van der Waals surface area contributed by atoms with Crippen LogP contribution in [0.15, 0.2) is 53.7 Å². The largest absolute Gasteiger partial charge is 0.496 e. The van der Waals surface area contributed by atoms with E-state index < -0.39 is 10.0 Å². The van der Waals surface area contributed by atoms with Gasteiger partial charge in [0.15, 0.2) is 0 Å². The Morgan fingerprint density at radius 1 is 1.21 bits per heavy atom. The van der Waals surface area contributed by atoms with Gasteiger partial charge in [0.1, 0.15) is 10.6 Å². The van der Waals surface area contributed by atoms with Crippen LogP contribution in [0.2, 0.25) is 0 Å². The summed E-state index contributed by atoms with van der Waals surface area (Å²) in [5, 5.41) is 3.03. The van der Waals surface area contributed by atoms with Gasteiger partial charge in [0, 0.05) is 37.0 Å². The quantitative estimate of drug-likeness (QED) is 0.800. The highest BCUT2D eigenvalue weighted by Gasteiger charge is 2.32. The molecule has 1 fully saturated rings. The van der Waals surface area contributed by atoms with Gasteiger partial charge in [-0.25, -0.2) is 8.42 Å². The third kappa shape index (κ3) is 4.34. The monoisotopic (exact) mass is 403 g/mol. The molecule has 0 saturated carbocycles. The Labute approximate surface area is 165 Å². The summed E-state index contributed by atoms with van der Waals surface area (Å²) in [6.45, 7) is 2.55. The van der Waals surface area contributed by atoms with E-state index in [2.05, 4.69) is 10.3 Å². The van der Waals surface area contributed by atoms with Crippen molar-refractivity contribution in [1.82, 2.24) is 14.6 Å². The second-order valence-electron chi connectivity index (χ2n) is 6.84. The molecular weight excluding hydrogens is 378 g/mol. The van der Waals surface area contributed by atoms with E-state index in [-0.39, 0.29) is 22.8 Å². The fourth-order valence-corrected chi connectivity index (χ4v) is 4.87. The van der Waals surface area contributed by atoms with Crippen LogP contribution < -0.4 is 10.1 Å². The van der Waals surface area contributed by atoms with Crippen molar-refractivity contribution in [2.24, 2.45) is 5.92 Å². The number of hydrogen-bond acceptors (Lipinski definition) is 5. The molecule has 2 heterocycles. The molecule has 2 aromatic rings. The topological polar surface area (TPSA) is 88.6 Å². The smallest absolute Gasteiger partial charge is 0.244 e. The summed E-state index contributed by atoms with van der Waals surface area (Å²) in [5.74, 6) is 0.460. The van der Waals surface area contributed by atoms with Crippen LogP contribution in [0.25, 0.3) is 0 Å². The van der Waals surface area contributed by atoms with Crippen molar-refractivity contribution in [2.75, 3.05) is 20.2 Å². The van der Waals surface area contributed by atoms with E-state index >= 15 is 0 Å². The van der Waals surface area contributed by atoms with Gasteiger partial charge in [0.25, 0.3) is 0 Å². The van der Waals surface area contributed by atoms with Crippen LogP contribution in [0.4, 0.5) is 0 Å². The van der Waals surface area contributed by atoms with Gasteiger partial charge in [0.2, 0.25) is 15.9 Å². The normalized spacial score (nSPS) is 17.1. The fourth-order valence-electron chi connectivity index (χ4n) is 3.44. The number of rotatable bonds is 6. The van der Waals surface area contributed by atoms with Crippen LogP contribution in [0.3, 0.4) is 0 Å². The number of sulfonamides is 1. The predicted molar refractivity (Wildman–Crippen MR) is 105 cm³/mol. The lowest BCUT2D eigenvalue weighted by Crippen LogP contribution is -2.43. The summed E-state index contributed by atoms with van der Waals surface area (Å²) >= 11 is 0. The van der Waals surface area contributed by atoms with Gasteiger partial charge < -0.3 is 10.1 Å². The number of carbonyl (C=O) groups excluding carboxylic acids is 1. The Bertz CT molecular complexity index is 910. The minimum Gasteiger partial charge on any atom is -0.496 e. The van der Waals surface area contributed by atoms with Gasteiger partial charge in [-0.05, 0) is 38.0 Å². The summed E-state index contributed by atoms with van der Waals surface area (Å²) in [7, 11) is -1.96. The summed E-state index contributed by atoms with van der Waals surface area (Å²) in [4.78, 5) is 16.7. The summed E-state index contributed by atoms with van der Waals surface area (Å²) in [6, 6.07) is 10.5. The number of hydrogen-bond donors (Lipinski definition) is 1. The lowest BCUT2D eigenvalue weighted by atomic mass is 9.96. The number of nitrogens with zero attached hydrogens (tertiary/aromatic N) is 2. The molecule has 1 atom stereocenters. The van der Waals surface area contributed by atoms with E-state index in [1.165, 1.54) is 16.6 Å². The number of para-hydroxylation sites is 1. The van der Waals surface area contributed by atoms with E-state index in [9.17, 15) is 13.2 Å². The number of piperidine rings is 1. The first kappa shape index (κ1) is 20.3. The maximum Gasteiger partial charge on any atom is 0.244 e. The fraction of sp³-hybridized carbons (Fsp3) is 0.400. The third-order valence-corrected chi connectivity index (χ3v) is 6.94. The average Bonchev–Trinajstić information content (AvgIpc) is 2.74. The molecule has 7 nitrogen and oxygen atoms in total. The van der Waals surface area contributed by atoms with E-state index in [4.69, 9.17) is 4.74 Å². The Kier molecular flexibility index (Phi) is 6.31. The number of amides is 1. The first-order chi connectivity index (χ1) is 13.4. The van der Waals surface area contributed by atoms with E-state index in [1.54, 1.807) is 19.4 Å². The highest BCUT2D eigenvalue weighted by molar-refractivity contribution is 7.89. The molecule has 1 aromatic heterocycles. The lowest BCUT2D eigenvalue weighted by Gasteiger charge is -2.31. The Balaban J connectivity index is 1.59. The number of benzene rings is 1. The van der Waals surface area contributed by atoms with E-state index in [1.807, 2.05) is 31.2 Å². The van der Waals surface area contributed by atoms with Crippen LogP contribution in [0.5, 0.6) is 5.75 Å². The molecule has 0 radical (unpaired) electrons. The van der Waals surface area contributed by atoms with Gasteiger partial charge in [-0.3, -0.25) is 9.78 Å². The molecule has 1 saturated heterocycles. The number of nitrogens with one attached hydrogen (secondary N) is 1. The first-order valence-corrected chi connectivity index (χ1v) is 10.7. The van der Waals surface area contributed by atoms with Crippen molar-refractivity contribution in [3.05, 3.63) is 54.4 Å². The summed E-state index contributed by atoms with van der Waals surface area (Å²) in [5.41, 5.74) is 0.912. The molecule has 1 unspecified atom stereocenters. The van der Waals surface area contributed by atoms with Crippen LogP contribution in [-0.2, 0) is 14.8 Å². The van der Waals surface area contributed by atoms with E-state index in [0.717, 1.165) is 11.3 Å². The number of ether oxygens (including phenoxy) is 1. The Morgan fingerprint density at radius 2 is 1.93 bits per heavy atom. The van der Waals surface area contributed by atoms with E-state index in [0.29, 0.717) is 25.9 Å². The molecule has 150 valence electrons. The number of aromatic nitrogens is 1. The van der Waals surface area contributed by atoms with Crippen LogP contribution in [0, 0.1) is 5.92 Å². The van der Waals surface area contributed by atoms with Gasteiger partial charge in [0.05, 0.1) is 13.2 Å². The first-order valence-electron chi connectivity index (χ1n) is 9.27. The molecule has 3 rings (SSSR count). The number of methoxy groups -OCH3 is 1. The SMILES string of the molecule is COc1ccccc1C(C)NC(=O)C1CCN(S(=O)(=O)c2cccnc2)CC1. The van der Waals surface area contributed by atoms with Gasteiger partial charge in [-0.2, -0.15) is 4.31 Å². The summed E-state index contributed by atoms with van der Waals surface area (Å²) in [6.07, 6.45) is 3.87. The molecule has 0 aliphatic carbocycles. The van der Waals surface area contributed by atoms with Crippen molar-refractivity contribution < 1.29 is 17.9 Å². The second-order valence-corrected chi connectivity index (χ2v) is 8.78. The predicted octanol–water partition coefficient (Wildman–Crippen LogP) is 2.37. The molecule has 8 heteroatoms. The van der Waals surface area contributed by atoms with Crippen molar-refractivity contribution in [3.63, 3.8) is 0 Å². The molecule has 0 bridgehead atoms. The van der Waals surface area contributed by atoms with Gasteiger partial charge in [-0.1, -0.05) is 18.2 Å². The summed E-state index contributed by atoms with van der Waals surface area (Å²) < 4.78 is 32.1. The molecule has 0 spiro atoms. The molecule has 28 heavy (non-hydrogen) atoms. The zero-order chi connectivity index (χ0) is 20.1. The average molecular weight is 404 g/mol. The van der Waals surface area contributed by atoms with Crippen molar-refractivity contribution >= 4 is 15.9 Å². The second kappa shape index (κ2) is 8.70. The van der Waals surface area contributed by atoms with Crippen molar-refractivity contribution in [2.45, 2.75) is 30.7 Å². The zero-order valence-electron chi connectivity index (χ0n) is 16.0. The molecule has 1 aliphatic heterocycles. The minimum atomic E-state index is -3.56. The maximum absolute atomic E-state index is 12.7. The molecule has 1 aliphatic rings. The van der Waals surface area contributed by atoms with Gasteiger partial charge >= 0.3 is 0 Å². The Hall–Kier alpha value is -2.45. The molecular formula is C20H25N3O4S. The molecule has 1 aromatic carbocycles. The zero-order valence-corrected chi connectivity index (χ0v) is 16.9. The van der Waals surface area contributed by atoms with Crippen LogP contribution in [0.1, 0.15) is 31.4 Å². The number of pyridine rings is 1. The van der Waals surface area contributed by atoms with Gasteiger partial charge in [-0.15, -0.1) is 0 Å². The Morgan fingerprint density at radius 3 is 2.57 bits per heavy atom.